The van der Waals surface area contributed by atoms with Crippen molar-refractivity contribution < 1.29 is 0 Å². The molecule has 152 valence electrons. The van der Waals surface area contributed by atoms with E-state index in [0.717, 1.165) is 22.3 Å². The van der Waals surface area contributed by atoms with Crippen molar-refractivity contribution in [2.45, 2.75) is 0 Å². The third-order valence-electron chi connectivity index (χ3n) is 4.67. The third-order valence-corrected chi connectivity index (χ3v) is 4.67. The Balaban J connectivity index is 1.88. The van der Waals surface area contributed by atoms with Crippen molar-refractivity contribution in [3.8, 4) is 47.4 Å². The van der Waals surface area contributed by atoms with E-state index in [2.05, 4.69) is 47.4 Å². The van der Waals surface area contributed by atoms with Crippen LogP contribution in [-0.4, -0.2) is 0 Å². The van der Waals surface area contributed by atoms with Gasteiger partial charge in [-0.3, -0.25) is 0 Å². The zero-order valence-corrected chi connectivity index (χ0v) is 18.0. The lowest BCUT2D eigenvalue weighted by atomic mass is 9.89. The standard InChI is InChI=1S/C33H20/c1-5-13-29(14-6-1)21-25-33(26-22-30-15-7-2-8-16-30,27-23-31-17-9-3-10-18-31)28-24-32-19-11-4-12-20-32/h1-20H. The van der Waals surface area contributed by atoms with Crippen molar-refractivity contribution in [3.63, 3.8) is 0 Å². The molecule has 0 amide bonds. The van der Waals surface area contributed by atoms with E-state index in [-0.39, 0.29) is 0 Å². The first-order valence-electron chi connectivity index (χ1n) is 10.6. The largest absolute Gasteiger partial charge is 0.214 e. The Labute approximate surface area is 196 Å². The predicted molar refractivity (Wildman–Crippen MR) is 136 cm³/mol. The fourth-order valence-electron chi connectivity index (χ4n) is 2.94. The van der Waals surface area contributed by atoms with Gasteiger partial charge in [0, 0.05) is 22.3 Å². The van der Waals surface area contributed by atoms with Gasteiger partial charge < -0.3 is 0 Å². The van der Waals surface area contributed by atoms with Gasteiger partial charge in [0.2, 0.25) is 5.41 Å². The molecule has 33 heavy (non-hydrogen) atoms. The highest BCUT2D eigenvalue weighted by Crippen LogP contribution is 2.16. The van der Waals surface area contributed by atoms with Crippen LogP contribution >= 0.6 is 0 Å². The molecule has 4 aromatic carbocycles. The normalized spacial score (nSPS) is 9.45. The van der Waals surface area contributed by atoms with Crippen molar-refractivity contribution >= 4 is 0 Å². The fourth-order valence-corrected chi connectivity index (χ4v) is 2.94. The molecule has 0 aliphatic carbocycles. The minimum absolute atomic E-state index is 0.895. The van der Waals surface area contributed by atoms with E-state index in [9.17, 15) is 0 Å². The molecule has 0 heteroatoms. The van der Waals surface area contributed by atoms with E-state index < -0.39 is 5.41 Å². The van der Waals surface area contributed by atoms with E-state index >= 15 is 0 Å². The van der Waals surface area contributed by atoms with Crippen molar-refractivity contribution in [2.75, 3.05) is 0 Å². The second kappa shape index (κ2) is 10.9. The smallest absolute Gasteiger partial charge is 0.0634 e. The Hall–Kier alpha value is -4.88. The van der Waals surface area contributed by atoms with Crippen LogP contribution in [-0.2, 0) is 0 Å². The lowest BCUT2D eigenvalue weighted by molar-refractivity contribution is 0.986. The molecular weight excluding hydrogens is 396 g/mol. The molecule has 0 unspecified atom stereocenters. The van der Waals surface area contributed by atoms with Gasteiger partial charge in [0.05, 0.1) is 0 Å². The first-order valence-corrected chi connectivity index (χ1v) is 10.6. The lowest BCUT2D eigenvalue weighted by Gasteiger charge is -2.07. The summed E-state index contributed by atoms with van der Waals surface area (Å²) in [5.41, 5.74) is 2.45. The summed E-state index contributed by atoms with van der Waals surface area (Å²) >= 11 is 0. The maximum absolute atomic E-state index is 3.29. The number of rotatable bonds is 0. The monoisotopic (exact) mass is 416 g/mol. The van der Waals surface area contributed by atoms with Gasteiger partial charge in [-0.2, -0.15) is 0 Å². The van der Waals surface area contributed by atoms with Gasteiger partial charge in [-0.25, -0.2) is 0 Å². The van der Waals surface area contributed by atoms with Crippen LogP contribution in [0.4, 0.5) is 0 Å². The number of benzene rings is 4. The molecule has 0 nitrogen and oxygen atoms in total. The van der Waals surface area contributed by atoms with Gasteiger partial charge in [0.1, 0.15) is 0 Å². The fraction of sp³-hybridized carbons (Fsp3) is 0.0303. The van der Waals surface area contributed by atoms with Crippen LogP contribution in [0.15, 0.2) is 121 Å². The zero-order valence-electron chi connectivity index (χ0n) is 18.0. The van der Waals surface area contributed by atoms with Crippen molar-refractivity contribution in [1.29, 1.82) is 0 Å². The quantitative estimate of drug-likeness (QED) is 0.300. The summed E-state index contributed by atoms with van der Waals surface area (Å²) in [6.07, 6.45) is 0. The molecule has 0 radical (unpaired) electrons. The van der Waals surface area contributed by atoms with E-state index in [4.69, 9.17) is 0 Å². The molecule has 0 saturated heterocycles. The molecule has 0 heterocycles. The maximum atomic E-state index is 3.29. The average Bonchev–Trinajstić information content (AvgIpc) is 2.90. The summed E-state index contributed by atoms with van der Waals surface area (Å²) in [6, 6.07) is 39.4. The SMILES string of the molecule is C(#CC(C#Cc1ccccc1)(C#Cc1ccccc1)C#Cc1ccccc1)c1ccccc1. The van der Waals surface area contributed by atoms with Crippen molar-refractivity contribution in [2.24, 2.45) is 5.41 Å². The van der Waals surface area contributed by atoms with Gasteiger partial charge in [0.15, 0.2) is 0 Å². The maximum Gasteiger partial charge on any atom is 0.214 e. The van der Waals surface area contributed by atoms with Gasteiger partial charge in [-0.05, 0) is 48.5 Å². The van der Waals surface area contributed by atoms with Crippen LogP contribution in [0, 0.1) is 52.8 Å². The average molecular weight is 417 g/mol. The summed E-state index contributed by atoms with van der Waals surface area (Å²) in [6.45, 7) is 0. The molecule has 0 saturated carbocycles. The van der Waals surface area contributed by atoms with Crippen molar-refractivity contribution in [1.82, 2.24) is 0 Å². The molecular formula is C33H20. The highest BCUT2D eigenvalue weighted by atomic mass is 14.1. The molecule has 4 rings (SSSR count). The van der Waals surface area contributed by atoms with Crippen LogP contribution in [0.3, 0.4) is 0 Å². The highest BCUT2D eigenvalue weighted by molar-refractivity contribution is 5.56. The Kier molecular flexibility index (Phi) is 7.08. The van der Waals surface area contributed by atoms with E-state index in [1.165, 1.54) is 0 Å². The summed E-state index contributed by atoms with van der Waals surface area (Å²) in [5, 5.41) is 0. The molecule has 0 atom stereocenters. The number of hydrogen-bond acceptors (Lipinski definition) is 0. The first-order chi connectivity index (χ1) is 16.3. The number of hydrogen-bond donors (Lipinski definition) is 0. The predicted octanol–water partition coefficient (Wildman–Crippen LogP) is 6.18. The zero-order chi connectivity index (χ0) is 22.6. The summed E-state index contributed by atoms with van der Waals surface area (Å²) in [4.78, 5) is 0. The molecule has 0 aliphatic rings. The van der Waals surface area contributed by atoms with Crippen LogP contribution < -0.4 is 0 Å². The third kappa shape index (κ3) is 6.55. The molecule has 0 aromatic heterocycles. The Bertz CT molecular complexity index is 1200. The second-order valence-electron chi connectivity index (χ2n) is 7.21. The molecule has 0 spiro atoms. The lowest BCUT2D eigenvalue weighted by Crippen LogP contribution is -2.11. The molecule has 0 aliphatic heterocycles. The van der Waals surface area contributed by atoms with Crippen LogP contribution in [0.1, 0.15) is 22.3 Å². The molecule has 0 fully saturated rings. The summed E-state index contributed by atoms with van der Waals surface area (Å²) < 4.78 is 0. The minimum Gasteiger partial charge on any atom is -0.0634 e. The van der Waals surface area contributed by atoms with Crippen LogP contribution in [0.5, 0.6) is 0 Å². The summed E-state index contributed by atoms with van der Waals surface area (Å²) in [5.74, 6) is 26.1. The Morgan fingerprint density at radius 1 is 0.303 bits per heavy atom. The Morgan fingerprint density at radius 2 is 0.515 bits per heavy atom. The molecule has 0 N–H and O–H groups in total. The summed E-state index contributed by atoms with van der Waals surface area (Å²) in [7, 11) is 0. The Morgan fingerprint density at radius 3 is 0.727 bits per heavy atom. The molecule has 4 aromatic rings. The first kappa shape index (κ1) is 21.4. The highest BCUT2D eigenvalue weighted by Gasteiger charge is 2.20. The van der Waals surface area contributed by atoms with Gasteiger partial charge in [-0.1, -0.05) is 120 Å². The van der Waals surface area contributed by atoms with E-state index in [1.807, 2.05) is 121 Å². The van der Waals surface area contributed by atoms with Gasteiger partial charge in [-0.15, -0.1) is 0 Å². The van der Waals surface area contributed by atoms with Crippen LogP contribution in [0.25, 0.3) is 0 Å². The van der Waals surface area contributed by atoms with Crippen LogP contribution in [0.2, 0.25) is 0 Å². The molecule has 0 bridgehead atoms. The van der Waals surface area contributed by atoms with Gasteiger partial charge in [0.25, 0.3) is 0 Å². The van der Waals surface area contributed by atoms with E-state index in [1.54, 1.807) is 0 Å². The topological polar surface area (TPSA) is 0 Å². The van der Waals surface area contributed by atoms with Gasteiger partial charge >= 0.3 is 0 Å². The van der Waals surface area contributed by atoms with E-state index in [0.29, 0.717) is 0 Å². The minimum atomic E-state index is -1.13. The second-order valence-corrected chi connectivity index (χ2v) is 7.21. The van der Waals surface area contributed by atoms with Crippen molar-refractivity contribution in [3.05, 3.63) is 144 Å².